The summed E-state index contributed by atoms with van der Waals surface area (Å²) in [4.78, 5) is 17.9. The molecule has 1 N–H and O–H groups in total. The Kier molecular flexibility index (Phi) is 4.37. The minimum absolute atomic E-state index is 0.199. The van der Waals surface area contributed by atoms with Crippen LogP contribution in [0.3, 0.4) is 0 Å². The SMILES string of the molecule is CC1(C)C(c2cccc(F)c2)CCN1Cc1ncccc1C(=O)O. The van der Waals surface area contributed by atoms with E-state index in [1.54, 1.807) is 30.5 Å². The van der Waals surface area contributed by atoms with E-state index in [0.717, 1.165) is 18.5 Å². The first-order valence-corrected chi connectivity index (χ1v) is 8.07. The van der Waals surface area contributed by atoms with Gasteiger partial charge in [-0.25, -0.2) is 9.18 Å². The highest BCUT2D eigenvalue weighted by Crippen LogP contribution is 2.42. The summed E-state index contributed by atoms with van der Waals surface area (Å²) >= 11 is 0. The van der Waals surface area contributed by atoms with Gasteiger partial charge in [0.2, 0.25) is 0 Å². The Bertz CT molecular complexity index is 761. The highest BCUT2D eigenvalue weighted by molar-refractivity contribution is 5.88. The van der Waals surface area contributed by atoms with Crippen molar-refractivity contribution in [3.05, 3.63) is 65.2 Å². The Balaban J connectivity index is 1.85. The third-order valence-electron chi connectivity index (χ3n) is 5.07. The molecule has 0 radical (unpaired) electrons. The highest BCUT2D eigenvalue weighted by atomic mass is 19.1. The average molecular weight is 328 g/mol. The number of aromatic nitrogens is 1. The molecule has 0 saturated carbocycles. The van der Waals surface area contributed by atoms with Crippen molar-refractivity contribution in [2.45, 2.75) is 38.3 Å². The summed E-state index contributed by atoms with van der Waals surface area (Å²) in [5, 5.41) is 9.33. The van der Waals surface area contributed by atoms with Crippen LogP contribution in [0.5, 0.6) is 0 Å². The van der Waals surface area contributed by atoms with Gasteiger partial charge in [0.25, 0.3) is 0 Å². The van der Waals surface area contributed by atoms with E-state index < -0.39 is 5.97 Å². The van der Waals surface area contributed by atoms with Gasteiger partial charge < -0.3 is 5.11 Å². The molecule has 0 amide bonds. The number of hydrogen-bond donors (Lipinski definition) is 1. The summed E-state index contributed by atoms with van der Waals surface area (Å²) in [7, 11) is 0. The monoisotopic (exact) mass is 328 g/mol. The van der Waals surface area contributed by atoms with Crippen LogP contribution in [-0.4, -0.2) is 33.0 Å². The number of benzene rings is 1. The third kappa shape index (κ3) is 3.04. The van der Waals surface area contributed by atoms with Crippen molar-refractivity contribution in [3.8, 4) is 0 Å². The number of carboxylic acid groups (broad SMARTS) is 1. The summed E-state index contributed by atoms with van der Waals surface area (Å²) in [6.45, 7) is 5.54. The molecule has 24 heavy (non-hydrogen) atoms. The normalized spacial score (nSPS) is 20.2. The Hall–Kier alpha value is -2.27. The lowest BCUT2D eigenvalue weighted by atomic mass is 9.82. The second-order valence-electron chi connectivity index (χ2n) is 6.77. The van der Waals surface area contributed by atoms with E-state index in [1.165, 1.54) is 6.07 Å². The molecule has 1 saturated heterocycles. The zero-order valence-corrected chi connectivity index (χ0v) is 13.9. The van der Waals surface area contributed by atoms with Gasteiger partial charge in [-0.1, -0.05) is 12.1 Å². The number of likely N-dealkylation sites (tertiary alicyclic amines) is 1. The second kappa shape index (κ2) is 6.32. The van der Waals surface area contributed by atoms with Crippen LogP contribution in [-0.2, 0) is 6.54 Å². The van der Waals surface area contributed by atoms with E-state index in [4.69, 9.17) is 0 Å². The van der Waals surface area contributed by atoms with Gasteiger partial charge in [-0.3, -0.25) is 9.88 Å². The van der Waals surface area contributed by atoms with Gasteiger partial charge in [-0.15, -0.1) is 0 Å². The average Bonchev–Trinajstić information content (AvgIpc) is 2.82. The maximum absolute atomic E-state index is 13.6. The predicted molar refractivity (Wildman–Crippen MR) is 89.4 cm³/mol. The van der Waals surface area contributed by atoms with Crippen molar-refractivity contribution < 1.29 is 14.3 Å². The zero-order chi connectivity index (χ0) is 17.3. The van der Waals surface area contributed by atoms with Gasteiger partial charge in [0.15, 0.2) is 0 Å². The van der Waals surface area contributed by atoms with Crippen molar-refractivity contribution in [1.82, 2.24) is 9.88 Å². The predicted octanol–water partition coefficient (Wildman–Crippen LogP) is 3.69. The van der Waals surface area contributed by atoms with E-state index in [0.29, 0.717) is 12.2 Å². The topological polar surface area (TPSA) is 53.4 Å². The van der Waals surface area contributed by atoms with Gasteiger partial charge in [0.1, 0.15) is 5.82 Å². The molecular weight excluding hydrogens is 307 g/mol. The number of carbonyl (C=O) groups is 1. The fourth-order valence-corrected chi connectivity index (χ4v) is 3.67. The van der Waals surface area contributed by atoms with Gasteiger partial charge in [-0.2, -0.15) is 0 Å². The molecule has 1 aromatic heterocycles. The first kappa shape index (κ1) is 16.6. The number of nitrogens with zero attached hydrogens (tertiary/aromatic N) is 2. The highest BCUT2D eigenvalue weighted by Gasteiger charge is 2.42. The Morgan fingerprint density at radius 3 is 2.88 bits per heavy atom. The molecule has 1 aliphatic rings. The minimum atomic E-state index is -0.961. The Labute approximate surface area is 141 Å². The molecule has 126 valence electrons. The molecule has 1 fully saturated rings. The molecular formula is C19H21FN2O2. The van der Waals surface area contributed by atoms with E-state index in [2.05, 4.69) is 23.7 Å². The fourth-order valence-electron chi connectivity index (χ4n) is 3.67. The lowest BCUT2D eigenvalue weighted by Crippen LogP contribution is -2.41. The smallest absolute Gasteiger partial charge is 0.337 e. The Morgan fingerprint density at radius 1 is 1.38 bits per heavy atom. The number of hydrogen-bond acceptors (Lipinski definition) is 3. The van der Waals surface area contributed by atoms with E-state index in [9.17, 15) is 14.3 Å². The van der Waals surface area contributed by atoms with E-state index in [-0.39, 0.29) is 22.8 Å². The summed E-state index contributed by atoms with van der Waals surface area (Å²) in [6.07, 6.45) is 2.53. The number of aromatic carboxylic acids is 1. The number of halogens is 1. The maximum atomic E-state index is 13.6. The largest absolute Gasteiger partial charge is 0.478 e. The van der Waals surface area contributed by atoms with Crippen molar-refractivity contribution >= 4 is 5.97 Å². The third-order valence-corrected chi connectivity index (χ3v) is 5.07. The number of carboxylic acids is 1. The van der Waals surface area contributed by atoms with Crippen molar-refractivity contribution in [1.29, 1.82) is 0 Å². The molecule has 2 aromatic rings. The van der Waals surface area contributed by atoms with E-state index >= 15 is 0 Å². The van der Waals surface area contributed by atoms with E-state index in [1.807, 2.05) is 6.07 Å². The van der Waals surface area contributed by atoms with Crippen LogP contribution in [0.2, 0.25) is 0 Å². The van der Waals surface area contributed by atoms with Crippen LogP contribution in [0.1, 0.15) is 47.8 Å². The van der Waals surface area contributed by atoms with Crippen LogP contribution in [0.15, 0.2) is 42.6 Å². The standard InChI is InChI=1S/C19H21FN2O2/c1-19(2)16(13-5-3-6-14(20)11-13)8-10-22(19)12-17-15(18(23)24)7-4-9-21-17/h3-7,9,11,16H,8,10,12H2,1-2H3,(H,23,24). The van der Waals surface area contributed by atoms with Gasteiger partial charge >= 0.3 is 5.97 Å². The first-order valence-electron chi connectivity index (χ1n) is 8.07. The lowest BCUT2D eigenvalue weighted by Gasteiger charge is -2.36. The van der Waals surface area contributed by atoms with Gasteiger partial charge in [0.05, 0.1) is 11.3 Å². The molecule has 4 nitrogen and oxygen atoms in total. The maximum Gasteiger partial charge on any atom is 0.337 e. The van der Waals surface area contributed by atoms with Gasteiger partial charge in [0, 0.05) is 24.2 Å². The molecule has 2 heterocycles. The molecule has 5 heteroatoms. The molecule has 0 bridgehead atoms. The molecule has 0 aliphatic carbocycles. The molecule has 1 unspecified atom stereocenters. The number of rotatable bonds is 4. The van der Waals surface area contributed by atoms with Crippen LogP contribution in [0, 0.1) is 5.82 Å². The lowest BCUT2D eigenvalue weighted by molar-refractivity contribution is 0.0691. The number of pyridine rings is 1. The van der Waals surface area contributed by atoms with Crippen LogP contribution in [0.4, 0.5) is 4.39 Å². The molecule has 3 rings (SSSR count). The minimum Gasteiger partial charge on any atom is -0.478 e. The van der Waals surface area contributed by atoms with Gasteiger partial charge in [-0.05, 0) is 56.6 Å². The summed E-state index contributed by atoms with van der Waals surface area (Å²) in [6, 6.07) is 9.97. The summed E-state index contributed by atoms with van der Waals surface area (Å²) in [5.74, 6) is -0.985. The fraction of sp³-hybridized carbons (Fsp3) is 0.368. The quantitative estimate of drug-likeness (QED) is 0.930. The van der Waals surface area contributed by atoms with Crippen LogP contribution >= 0.6 is 0 Å². The first-order chi connectivity index (χ1) is 11.4. The van der Waals surface area contributed by atoms with Crippen LogP contribution < -0.4 is 0 Å². The molecule has 0 spiro atoms. The summed E-state index contributed by atoms with van der Waals surface area (Å²) in [5.41, 5.74) is 1.59. The van der Waals surface area contributed by atoms with Crippen molar-refractivity contribution in [3.63, 3.8) is 0 Å². The molecule has 1 aromatic carbocycles. The zero-order valence-electron chi connectivity index (χ0n) is 13.9. The Morgan fingerprint density at radius 2 is 2.17 bits per heavy atom. The summed E-state index contributed by atoms with van der Waals surface area (Å²) < 4.78 is 13.6. The van der Waals surface area contributed by atoms with Crippen molar-refractivity contribution in [2.24, 2.45) is 0 Å². The van der Waals surface area contributed by atoms with Crippen LogP contribution in [0.25, 0.3) is 0 Å². The molecule has 1 atom stereocenters. The molecule has 1 aliphatic heterocycles. The van der Waals surface area contributed by atoms with Crippen molar-refractivity contribution in [2.75, 3.05) is 6.54 Å². The second-order valence-corrected chi connectivity index (χ2v) is 6.77.